The third kappa shape index (κ3) is 5.63. The number of benzene rings is 2. The van der Waals surface area contributed by atoms with E-state index in [0.717, 1.165) is 30.5 Å². The van der Waals surface area contributed by atoms with Crippen molar-refractivity contribution in [2.45, 2.75) is 50.3 Å². The molecule has 3 aromatic rings. The van der Waals surface area contributed by atoms with Gasteiger partial charge in [-0.2, -0.15) is 5.26 Å². The minimum atomic E-state index is -0.695. The van der Waals surface area contributed by atoms with E-state index in [1.165, 1.54) is 11.1 Å². The van der Waals surface area contributed by atoms with E-state index in [4.69, 9.17) is 5.26 Å². The highest BCUT2D eigenvalue weighted by Gasteiger charge is 2.29. The van der Waals surface area contributed by atoms with E-state index in [1.807, 2.05) is 12.2 Å². The van der Waals surface area contributed by atoms with Crippen LogP contribution < -0.4 is 5.32 Å². The SMILES string of the molecule is C[C@H](O)c1nccn1[C@@H](/C=C/c1ccc(-c2ccc(C3CC(NCCC#N)C3)cc2)cc1)CO. The first-order valence-electron chi connectivity index (χ1n) is 11.9. The Labute approximate surface area is 201 Å². The van der Waals surface area contributed by atoms with Crippen LogP contribution >= 0.6 is 0 Å². The summed E-state index contributed by atoms with van der Waals surface area (Å²) in [5.74, 6) is 1.14. The van der Waals surface area contributed by atoms with Crippen molar-refractivity contribution in [1.82, 2.24) is 14.9 Å². The van der Waals surface area contributed by atoms with Crippen molar-refractivity contribution in [3.05, 3.63) is 84.0 Å². The predicted octanol–water partition coefficient (Wildman–Crippen LogP) is 4.60. The third-order valence-corrected chi connectivity index (χ3v) is 6.56. The molecule has 0 aliphatic heterocycles. The van der Waals surface area contributed by atoms with E-state index in [2.05, 4.69) is 64.9 Å². The zero-order chi connectivity index (χ0) is 23.9. The molecule has 34 heavy (non-hydrogen) atoms. The van der Waals surface area contributed by atoms with Crippen LogP contribution in [0.4, 0.5) is 0 Å². The molecule has 3 N–H and O–H groups in total. The summed E-state index contributed by atoms with van der Waals surface area (Å²) < 4.78 is 1.80. The molecule has 2 atom stereocenters. The monoisotopic (exact) mass is 456 g/mol. The van der Waals surface area contributed by atoms with Crippen molar-refractivity contribution in [3.8, 4) is 17.2 Å². The van der Waals surface area contributed by atoms with Crippen LogP contribution in [0.3, 0.4) is 0 Å². The summed E-state index contributed by atoms with van der Waals surface area (Å²) in [6.07, 6.45) is 9.47. The molecule has 1 aliphatic rings. The Morgan fingerprint density at radius 1 is 1.15 bits per heavy atom. The molecule has 0 radical (unpaired) electrons. The largest absolute Gasteiger partial charge is 0.394 e. The number of nitrogens with one attached hydrogen (secondary N) is 1. The second-order valence-electron chi connectivity index (χ2n) is 8.95. The Morgan fingerprint density at radius 2 is 1.82 bits per heavy atom. The molecule has 6 nitrogen and oxygen atoms in total. The van der Waals surface area contributed by atoms with Gasteiger partial charge in [0.05, 0.1) is 18.7 Å². The maximum Gasteiger partial charge on any atom is 0.137 e. The zero-order valence-electron chi connectivity index (χ0n) is 19.5. The summed E-state index contributed by atoms with van der Waals surface area (Å²) >= 11 is 0. The van der Waals surface area contributed by atoms with Crippen molar-refractivity contribution >= 4 is 6.08 Å². The van der Waals surface area contributed by atoms with Crippen LogP contribution in [0.25, 0.3) is 17.2 Å². The third-order valence-electron chi connectivity index (χ3n) is 6.56. The molecule has 1 saturated carbocycles. The fraction of sp³-hybridized carbons (Fsp3) is 0.357. The van der Waals surface area contributed by atoms with Gasteiger partial charge in [0, 0.05) is 31.4 Å². The molecule has 1 heterocycles. The van der Waals surface area contributed by atoms with E-state index in [0.29, 0.717) is 24.2 Å². The zero-order valence-corrected chi connectivity index (χ0v) is 19.5. The van der Waals surface area contributed by atoms with Crippen molar-refractivity contribution in [2.75, 3.05) is 13.2 Å². The summed E-state index contributed by atoms with van der Waals surface area (Å²) in [6, 6.07) is 19.6. The molecule has 0 spiro atoms. The number of nitriles is 1. The molecule has 0 unspecified atom stereocenters. The Hall–Kier alpha value is -3.24. The average Bonchev–Trinajstić information content (AvgIpc) is 3.32. The lowest BCUT2D eigenvalue weighted by atomic mass is 9.75. The molecule has 6 heteroatoms. The highest BCUT2D eigenvalue weighted by molar-refractivity contribution is 5.66. The Kier molecular flexibility index (Phi) is 7.91. The van der Waals surface area contributed by atoms with Gasteiger partial charge in [-0.05, 0) is 47.9 Å². The van der Waals surface area contributed by atoms with Gasteiger partial charge in [0.2, 0.25) is 0 Å². The fourth-order valence-corrected chi connectivity index (χ4v) is 4.52. The molecule has 0 amide bonds. The van der Waals surface area contributed by atoms with E-state index >= 15 is 0 Å². The number of hydrogen-bond acceptors (Lipinski definition) is 5. The van der Waals surface area contributed by atoms with Crippen molar-refractivity contribution < 1.29 is 10.2 Å². The van der Waals surface area contributed by atoms with Gasteiger partial charge in [0.15, 0.2) is 0 Å². The number of hydrogen-bond donors (Lipinski definition) is 3. The second kappa shape index (κ2) is 11.3. The van der Waals surface area contributed by atoms with Crippen LogP contribution in [0.2, 0.25) is 0 Å². The lowest BCUT2D eigenvalue weighted by molar-refractivity contribution is 0.175. The number of imidazole rings is 1. The van der Waals surface area contributed by atoms with Crippen LogP contribution in [-0.2, 0) is 0 Å². The van der Waals surface area contributed by atoms with Gasteiger partial charge in [0.25, 0.3) is 0 Å². The molecule has 1 aliphatic carbocycles. The molecular weight excluding hydrogens is 424 g/mol. The fourth-order valence-electron chi connectivity index (χ4n) is 4.52. The van der Waals surface area contributed by atoms with Crippen LogP contribution in [0.5, 0.6) is 0 Å². The maximum atomic E-state index is 9.88. The minimum Gasteiger partial charge on any atom is -0.394 e. The molecule has 1 aromatic heterocycles. The molecule has 0 bridgehead atoms. The molecular formula is C28H32N4O2. The first-order chi connectivity index (χ1) is 16.6. The Bertz CT molecular complexity index is 1120. The summed E-state index contributed by atoms with van der Waals surface area (Å²) in [4.78, 5) is 4.18. The average molecular weight is 457 g/mol. The van der Waals surface area contributed by atoms with Crippen LogP contribution in [0.15, 0.2) is 67.0 Å². The van der Waals surface area contributed by atoms with Crippen molar-refractivity contribution in [2.24, 2.45) is 0 Å². The number of aliphatic hydroxyl groups is 2. The summed E-state index contributed by atoms with van der Waals surface area (Å²) in [5, 5.41) is 31.8. The van der Waals surface area contributed by atoms with Gasteiger partial charge in [0.1, 0.15) is 11.9 Å². The maximum absolute atomic E-state index is 9.88. The lowest BCUT2D eigenvalue weighted by Gasteiger charge is -2.36. The number of aliphatic hydroxyl groups excluding tert-OH is 2. The van der Waals surface area contributed by atoms with Gasteiger partial charge in [-0.25, -0.2) is 4.98 Å². The van der Waals surface area contributed by atoms with Gasteiger partial charge in [-0.15, -0.1) is 0 Å². The van der Waals surface area contributed by atoms with Gasteiger partial charge in [-0.3, -0.25) is 0 Å². The van der Waals surface area contributed by atoms with Gasteiger partial charge in [-0.1, -0.05) is 60.7 Å². The van der Waals surface area contributed by atoms with E-state index in [-0.39, 0.29) is 12.6 Å². The second-order valence-corrected chi connectivity index (χ2v) is 8.95. The molecule has 2 aromatic carbocycles. The minimum absolute atomic E-state index is 0.0747. The quantitative estimate of drug-likeness (QED) is 0.388. The molecule has 176 valence electrons. The molecule has 1 fully saturated rings. The van der Waals surface area contributed by atoms with E-state index in [1.54, 1.807) is 23.9 Å². The van der Waals surface area contributed by atoms with E-state index in [9.17, 15) is 10.2 Å². The molecule has 4 rings (SSSR count). The lowest BCUT2D eigenvalue weighted by Crippen LogP contribution is -2.40. The van der Waals surface area contributed by atoms with E-state index < -0.39 is 6.10 Å². The molecule has 0 saturated heterocycles. The summed E-state index contributed by atoms with van der Waals surface area (Å²) in [7, 11) is 0. The topological polar surface area (TPSA) is 94.1 Å². The Morgan fingerprint density at radius 3 is 2.44 bits per heavy atom. The smallest absolute Gasteiger partial charge is 0.137 e. The highest BCUT2D eigenvalue weighted by Crippen LogP contribution is 2.37. The first-order valence-corrected chi connectivity index (χ1v) is 11.9. The van der Waals surface area contributed by atoms with Gasteiger partial charge < -0.3 is 20.1 Å². The number of rotatable bonds is 10. The number of aromatic nitrogens is 2. The summed E-state index contributed by atoms with van der Waals surface area (Å²) in [6.45, 7) is 2.38. The summed E-state index contributed by atoms with van der Waals surface area (Å²) in [5.41, 5.74) is 4.78. The number of nitrogens with zero attached hydrogens (tertiary/aromatic N) is 3. The van der Waals surface area contributed by atoms with Crippen LogP contribution in [0.1, 0.15) is 61.2 Å². The van der Waals surface area contributed by atoms with Crippen molar-refractivity contribution in [3.63, 3.8) is 0 Å². The van der Waals surface area contributed by atoms with Crippen LogP contribution in [-0.4, -0.2) is 39.0 Å². The first kappa shape index (κ1) is 23.9. The van der Waals surface area contributed by atoms with Crippen molar-refractivity contribution in [1.29, 1.82) is 5.26 Å². The standard InChI is InChI=1S/C28H32N4O2/c1-20(34)28-31-15-16-32(28)27(19-33)12-5-21-3-6-22(7-4-21)23-8-10-24(11-9-23)25-17-26(18-25)30-14-2-13-29/h3-12,15-16,20,25-27,30,33-34H,2,14,17-19H2,1H3/b12-5+/t20-,25?,26?,27-/m0/s1. The highest BCUT2D eigenvalue weighted by atomic mass is 16.3. The van der Waals surface area contributed by atoms with Crippen LogP contribution in [0, 0.1) is 11.3 Å². The normalized spacial score (nSPS) is 19.5. The predicted molar refractivity (Wildman–Crippen MR) is 134 cm³/mol. The van der Waals surface area contributed by atoms with Gasteiger partial charge >= 0.3 is 0 Å². The Balaban J connectivity index is 1.35.